The number of likely N-dealkylation sites (N-methyl/N-ethyl adjacent to an activating group) is 1. The number of quaternary nitrogens is 1. The van der Waals surface area contributed by atoms with Gasteiger partial charge in [0.25, 0.3) is 0 Å². The molecule has 252 valence electrons. The number of Topliss-reactive ketones (excluding diaryl/α,β-unsaturated/α-hetero) is 2. The van der Waals surface area contributed by atoms with Gasteiger partial charge in [-0.05, 0) is 32.1 Å². The lowest BCUT2D eigenvalue weighted by molar-refractivity contribution is -0.892. The van der Waals surface area contributed by atoms with Crippen molar-refractivity contribution in [2.24, 2.45) is 0 Å². The van der Waals surface area contributed by atoms with Gasteiger partial charge in [-0.25, -0.2) is 4.57 Å². The highest BCUT2D eigenvalue weighted by Crippen LogP contribution is 2.47. The van der Waals surface area contributed by atoms with E-state index in [1.807, 2.05) is 0 Å². The molecule has 2 atom stereocenters. The van der Waals surface area contributed by atoms with Crippen LogP contribution >= 0.6 is 7.82 Å². The Labute approximate surface area is 258 Å². The van der Waals surface area contributed by atoms with Crippen LogP contribution < -0.4 is 0 Å². The van der Waals surface area contributed by atoms with Crippen molar-refractivity contribution in [3.63, 3.8) is 0 Å². The Hall–Kier alpha value is -1.65. The molecule has 0 aliphatic heterocycles. The first-order valence-electron chi connectivity index (χ1n) is 16.1. The highest BCUT2D eigenvalue weighted by molar-refractivity contribution is 7.46. The molecule has 0 fully saturated rings. The molecule has 0 rings (SSSR count). The maximum Gasteiger partial charge on any atom is 0.470 e. The van der Waals surface area contributed by atoms with Gasteiger partial charge < -0.3 is 24.5 Å². The monoisotopic (exact) mass is 636 g/mol. The number of hydrogen-bond donors (Lipinski definition) is 4. The van der Waals surface area contributed by atoms with E-state index in [1.54, 1.807) is 28.1 Å². The number of rotatable bonds is 29. The van der Waals surface area contributed by atoms with Crippen molar-refractivity contribution in [1.29, 1.82) is 0 Å². The second-order valence-electron chi connectivity index (χ2n) is 12.7. The van der Waals surface area contributed by atoms with Crippen molar-refractivity contribution in [3.8, 4) is 0 Å². The Morgan fingerprint density at radius 2 is 0.953 bits per heavy atom. The minimum Gasteiger partial charge on any atom is -0.481 e. The van der Waals surface area contributed by atoms with Gasteiger partial charge in [0.1, 0.15) is 0 Å². The summed E-state index contributed by atoms with van der Waals surface area (Å²) in [4.78, 5) is 68.1. The zero-order chi connectivity index (χ0) is 32.9. The first kappa shape index (κ1) is 41.4. The maximum atomic E-state index is 13.7. The van der Waals surface area contributed by atoms with Crippen LogP contribution in [0.2, 0.25) is 0 Å². The Morgan fingerprint density at radius 1 is 0.628 bits per heavy atom. The van der Waals surface area contributed by atoms with Gasteiger partial charge in [-0.1, -0.05) is 84.0 Å². The Bertz CT molecular complexity index is 882. The average molecular weight is 637 g/mol. The molecule has 12 heteroatoms. The van der Waals surface area contributed by atoms with Crippen LogP contribution in [0, 0.1) is 0 Å². The van der Waals surface area contributed by atoms with Crippen molar-refractivity contribution < 1.29 is 52.7 Å². The van der Waals surface area contributed by atoms with Crippen molar-refractivity contribution in [3.05, 3.63) is 0 Å². The molecule has 0 heterocycles. The minimum atomic E-state index is -5.10. The quantitative estimate of drug-likeness (QED) is 0.0407. The fraction of sp³-hybridized carbons (Fsp3) is 0.871. The fourth-order valence-corrected chi connectivity index (χ4v) is 6.60. The van der Waals surface area contributed by atoms with Gasteiger partial charge >= 0.3 is 19.8 Å². The van der Waals surface area contributed by atoms with Crippen LogP contribution in [-0.4, -0.2) is 80.8 Å². The number of hydrogen-bond acceptors (Lipinski definition) is 6. The molecule has 0 aliphatic carbocycles. The molecule has 4 N–H and O–H groups in total. The standard InChI is InChI=1S/C31H58NO10P/c1-5-31(42-43(39,40)41,27(34)23-19-15-11-7-9-13-17-21-25-29(37)38)30(32(2,3)4)26(33)22-18-14-10-6-8-12-16-20-24-28(35)36/h30H,5-25H2,1-4H3,(H3-,35,36,37,38,39,40,41)/p+1. The molecule has 0 aromatic heterocycles. The summed E-state index contributed by atoms with van der Waals surface area (Å²) in [6.07, 6.45) is 14.1. The van der Waals surface area contributed by atoms with Crippen LogP contribution in [0.15, 0.2) is 0 Å². The molecule has 0 aliphatic rings. The molecule has 0 spiro atoms. The summed E-state index contributed by atoms with van der Waals surface area (Å²) in [5.41, 5.74) is -1.94. The van der Waals surface area contributed by atoms with Crippen LogP contribution in [-0.2, 0) is 28.3 Å². The number of carbonyl (C=O) groups is 4. The highest BCUT2D eigenvalue weighted by Gasteiger charge is 2.57. The van der Waals surface area contributed by atoms with Gasteiger partial charge in [0.05, 0.1) is 21.1 Å². The van der Waals surface area contributed by atoms with Crippen molar-refractivity contribution in [2.75, 3.05) is 21.1 Å². The predicted octanol–water partition coefficient (Wildman–Crippen LogP) is 6.43. The third-order valence-corrected chi connectivity index (χ3v) is 8.47. The van der Waals surface area contributed by atoms with E-state index in [0.29, 0.717) is 25.7 Å². The topological polar surface area (TPSA) is 176 Å². The van der Waals surface area contributed by atoms with E-state index in [9.17, 15) is 33.5 Å². The molecular weight excluding hydrogens is 577 g/mol. The highest BCUT2D eigenvalue weighted by atomic mass is 31.2. The van der Waals surface area contributed by atoms with Gasteiger partial charge in [0.2, 0.25) is 0 Å². The second-order valence-corrected chi connectivity index (χ2v) is 13.8. The zero-order valence-electron chi connectivity index (χ0n) is 27.1. The molecular formula is C31H59NO10P+. The summed E-state index contributed by atoms with van der Waals surface area (Å²) >= 11 is 0. The van der Waals surface area contributed by atoms with E-state index in [4.69, 9.17) is 14.7 Å². The molecule has 43 heavy (non-hydrogen) atoms. The van der Waals surface area contributed by atoms with Gasteiger partial charge in [-0.2, -0.15) is 0 Å². The summed E-state index contributed by atoms with van der Waals surface area (Å²) in [7, 11) is 0.120. The minimum absolute atomic E-state index is 0.00334. The number of phosphoric acid groups is 1. The number of aliphatic carboxylic acids is 2. The van der Waals surface area contributed by atoms with Crippen LogP contribution in [0.3, 0.4) is 0 Å². The third kappa shape index (κ3) is 19.4. The lowest BCUT2D eigenvalue weighted by Crippen LogP contribution is -2.66. The van der Waals surface area contributed by atoms with Gasteiger partial charge in [0.15, 0.2) is 23.2 Å². The summed E-state index contributed by atoms with van der Waals surface area (Å²) in [5, 5.41) is 17.4. The van der Waals surface area contributed by atoms with Crippen LogP contribution in [0.4, 0.5) is 0 Å². The summed E-state index contributed by atoms with van der Waals surface area (Å²) in [6, 6.07) is -1.07. The predicted molar refractivity (Wildman–Crippen MR) is 166 cm³/mol. The van der Waals surface area contributed by atoms with E-state index in [0.717, 1.165) is 77.0 Å². The fourth-order valence-electron chi connectivity index (χ4n) is 5.85. The van der Waals surface area contributed by atoms with Crippen molar-refractivity contribution in [2.45, 2.75) is 153 Å². The first-order valence-corrected chi connectivity index (χ1v) is 17.7. The Balaban J connectivity index is 5.07. The van der Waals surface area contributed by atoms with E-state index in [2.05, 4.69) is 0 Å². The van der Waals surface area contributed by atoms with Crippen LogP contribution in [0.1, 0.15) is 142 Å². The molecule has 0 aromatic rings. The molecule has 0 bridgehead atoms. The molecule has 0 amide bonds. The van der Waals surface area contributed by atoms with Crippen molar-refractivity contribution in [1.82, 2.24) is 0 Å². The summed E-state index contributed by atoms with van der Waals surface area (Å²) in [6.45, 7) is 1.63. The summed E-state index contributed by atoms with van der Waals surface area (Å²) < 4.78 is 17.4. The Morgan fingerprint density at radius 3 is 1.26 bits per heavy atom. The normalized spacial score (nSPS) is 14.3. The number of carboxylic acid groups (broad SMARTS) is 2. The summed E-state index contributed by atoms with van der Waals surface area (Å²) in [5.74, 6) is -2.25. The van der Waals surface area contributed by atoms with E-state index >= 15 is 0 Å². The molecule has 0 saturated heterocycles. The number of nitrogens with zero attached hydrogens (tertiary/aromatic N) is 1. The van der Waals surface area contributed by atoms with Crippen LogP contribution in [0.5, 0.6) is 0 Å². The molecule has 0 aromatic carbocycles. The first-order chi connectivity index (χ1) is 20.1. The van der Waals surface area contributed by atoms with Gasteiger partial charge in [-0.3, -0.25) is 23.7 Å². The third-order valence-electron chi connectivity index (χ3n) is 7.91. The average Bonchev–Trinajstić information content (AvgIpc) is 2.88. The number of carboxylic acids is 2. The van der Waals surface area contributed by atoms with E-state index in [-0.39, 0.29) is 42.4 Å². The number of ketones is 2. The zero-order valence-corrected chi connectivity index (χ0v) is 28.0. The van der Waals surface area contributed by atoms with Crippen molar-refractivity contribution >= 4 is 31.3 Å². The van der Waals surface area contributed by atoms with E-state index in [1.165, 1.54) is 0 Å². The van der Waals surface area contributed by atoms with Gasteiger partial charge in [-0.15, -0.1) is 0 Å². The Kier molecular flexibility index (Phi) is 21.1. The lowest BCUT2D eigenvalue weighted by Gasteiger charge is -2.44. The number of phosphoric ester groups is 1. The maximum absolute atomic E-state index is 13.7. The number of carbonyl (C=O) groups excluding carboxylic acids is 2. The number of unbranched alkanes of at least 4 members (excludes halogenated alkanes) is 14. The van der Waals surface area contributed by atoms with E-state index < -0.39 is 37.2 Å². The largest absolute Gasteiger partial charge is 0.481 e. The molecule has 0 radical (unpaired) electrons. The SMILES string of the molecule is CCC(OP(=O)(O)O)(C(=O)CCCCCCCCCCC(=O)O)C(C(=O)CCCCCCCCCCC(=O)O)[N+](C)(C)C. The molecule has 0 saturated carbocycles. The smallest absolute Gasteiger partial charge is 0.470 e. The second kappa shape index (κ2) is 22.0. The van der Waals surface area contributed by atoms with Gasteiger partial charge in [0, 0.05) is 25.7 Å². The van der Waals surface area contributed by atoms with Crippen LogP contribution in [0.25, 0.3) is 0 Å². The lowest BCUT2D eigenvalue weighted by atomic mass is 9.79. The molecule has 2 unspecified atom stereocenters. The molecule has 11 nitrogen and oxygen atoms in total.